The van der Waals surface area contributed by atoms with Crippen LogP contribution in [0.3, 0.4) is 0 Å². The molecule has 1 atom stereocenters. The topological polar surface area (TPSA) is 44.8 Å². The number of para-hydroxylation sites is 2. The highest BCUT2D eigenvalue weighted by molar-refractivity contribution is 9.10. The lowest BCUT2D eigenvalue weighted by Crippen LogP contribution is -2.49. The third-order valence-corrected chi connectivity index (χ3v) is 5.69. The van der Waals surface area contributed by atoms with Crippen molar-refractivity contribution in [3.8, 4) is 5.75 Å². The van der Waals surface area contributed by atoms with Crippen LogP contribution >= 0.6 is 28.1 Å². The molecule has 0 radical (unpaired) electrons. The van der Waals surface area contributed by atoms with Crippen molar-refractivity contribution in [2.75, 3.05) is 26.1 Å². The van der Waals surface area contributed by atoms with Gasteiger partial charge >= 0.3 is 0 Å². The number of carbonyl (C=O) groups excluding carboxylic acids is 1. The summed E-state index contributed by atoms with van der Waals surface area (Å²) in [5.41, 5.74) is 3.15. The van der Waals surface area contributed by atoms with Crippen molar-refractivity contribution < 1.29 is 9.53 Å². The van der Waals surface area contributed by atoms with Crippen LogP contribution in [-0.2, 0) is 4.79 Å². The van der Waals surface area contributed by atoms with E-state index < -0.39 is 0 Å². The lowest BCUT2D eigenvalue weighted by Gasteiger charge is -2.39. The van der Waals surface area contributed by atoms with E-state index in [1.807, 2.05) is 60.4 Å². The Morgan fingerprint density at radius 3 is 2.46 bits per heavy atom. The molecule has 0 fully saturated rings. The lowest BCUT2D eigenvalue weighted by molar-refractivity contribution is -0.125. The van der Waals surface area contributed by atoms with Crippen LogP contribution in [0.5, 0.6) is 5.75 Å². The molecule has 0 bridgehead atoms. The number of nitrogens with one attached hydrogen (secondary N) is 1. The van der Waals surface area contributed by atoms with E-state index in [0.717, 1.165) is 21.4 Å². The van der Waals surface area contributed by atoms with Crippen LogP contribution in [0, 0.1) is 0 Å². The first-order valence-electron chi connectivity index (χ1n) is 8.77. The number of hydrogen-bond donors (Lipinski definition) is 1. The summed E-state index contributed by atoms with van der Waals surface area (Å²) in [6.07, 6.45) is 0. The van der Waals surface area contributed by atoms with Gasteiger partial charge in [-0.1, -0.05) is 46.3 Å². The SMILES string of the molecule is COc1ccccc1N1C(=S)NC(c2ccccc2Br)C(C(=O)N(C)C)=C1C. The Morgan fingerprint density at radius 2 is 1.82 bits per heavy atom. The molecule has 146 valence electrons. The van der Waals surface area contributed by atoms with E-state index in [1.165, 1.54) is 0 Å². The van der Waals surface area contributed by atoms with E-state index >= 15 is 0 Å². The van der Waals surface area contributed by atoms with Gasteiger partial charge in [-0.25, -0.2) is 0 Å². The largest absolute Gasteiger partial charge is 0.495 e. The van der Waals surface area contributed by atoms with E-state index in [9.17, 15) is 4.79 Å². The second-order valence-corrected chi connectivity index (χ2v) is 7.85. The number of nitrogens with zero attached hydrogens (tertiary/aromatic N) is 2. The molecule has 2 aromatic rings. The number of carbonyl (C=O) groups is 1. The van der Waals surface area contributed by atoms with Gasteiger partial charge in [-0.3, -0.25) is 9.69 Å². The smallest absolute Gasteiger partial charge is 0.253 e. The molecule has 1 aliphatic rings. The quantitative estimate of drug-likeness (QED) is 0.692. The normalized spacial score (nSPS) is 16.7. The Kier molecular flexibility index (Phi) is 6.05. The molecule has 0 aromatic heterocycles. The van der Waals surface area contributed by atoms with Gasteiger partial charge in [0.1, 0.15) is 5.75 Å². The molecule has 0 spiro atoms. The van der Waals surface area contributed by atoms with Gasteiger partial charge in [0.15, 0.2) is 5.11 Å². The molecule has 1 N–H and O–H groups in total. The van der Waals surface area contributed by atoms with Crippen LogP contribution in [0.15, 0.2) is 64.3 Å². The highest BCUT2D eigenvalue weighted by atomic mass is 79.9. The van der Waals surface area contributed by atoms with Gasteiger partial charge in [0.05, 0.1) is 24.4 Å². The van der Waals surface area contributed by atoms with Crippen LogP contribution in [0.4, 0.5) is 5.69 Å². The second-order valence-electron chi connectivity index (χ2n) is 6.61. The van der Waals surface area contributed by atoms with Gasteiger partial charge in [-0.15, -0.1) is 0 Å². The zero-order chi connectivity index (χ0) is 20.4. The van der Waals surface area contributed by atoms with Gasteiger partial charge in [-0.2, -0.15) is 0 Å². The van der Waals surface area contributed by atoms with Gasteiger partial charge in [0.2, 0.25) is 0 Å². The molecule has 1 heterocycles. The summed E-state index contributed by atoms with van der Waals surface area (Å²) in [6, 6.07) is 15.1. The van der Waals surface area contributed by atoms with Crippen molar-refractivity contribution in [1.29, 1.82) is 0 Å². The van der Waals surface area contributed by atoms with E-state index in [2.05, 4.69) is 21.2 Å². The predicted molar refractivity (Wildman–Crippen MR) is 119 cm³/mol. The number of likely N-dealkylation sites (N-methyl/N-ethyl adjacent to an activating group) is 1. The number of ether oxygens (including phenoxy) is 1. The number of hydrogen-bond acceptors (Lipinski definition) is 3. The van der Waals surface area contributed by atoms with Crippen molar-refractivity contribution >= 4 is 44.9 Å². The summed E-state index contributed by atoms with van der Waals surface area (Å²) in [6.45, 7) is 1.92. The van der Waals surface area contributed by atoms with Gasteiger partial charge < -0.3 is 15.0 Å². The zero-order valence-corrected chi connectivity index (χ0v) is 18.6. The Labute approximate surface area is 179 Å². The number of rotatable bonds is 4. The monoisotopic (exact) mass is 459 g/mol. The summed E-state index contributed by atoms with van der Waals surface area (Å²) in [7, 11) is 5.12. The van der Waals surface area contributed by atoms with E-state index in [1.54, 1.807) is 26.1 Å². The van der Waals surface area contributed by atoms with Crippen LogP contribution < -0.4 is 15.0 Å². The maximum Gasteiger partial charge on any atom is 0.253 e. The summed E-state index contributed by atoms with van der Waals surface area (Å²) in [4.78, 5) is 16.6. The molecule has 1 aliphatic heterocycles. The van der Waals surface area contributed by atoms with Gasteiger partial charge in [0, 0.05) is 24.3 Å². The fourth-order valence-electron chi connectivity index (χ4n) is 3.31. The average molecular weight is 460 g/mol. The van der Waals surface area contributed by atoms with Crippen molar-refractivity contribution in [2.24, 2.45) is 0 Å². The van der Waals surface area contributed by atoms with Crippen molar-refractivity contribution in [3.05, 3.63) is 69.8 Å². The molecule has 0 saturated heterocycles. The predicted octanol–water partition coefficient (Wildman–Crippen LogP) is 4.26. The Bertz CT molecular complexity index is 958. The van der Waals surface area contributed by atoms with Crippen molar-refractivity contribution in [1.82, 2.24) is 10.2 Å². The molecule has 7 heteroatoms. The molecular formula is C21H22BrN3O2S. The summed E-state index contributed by atoms with van der Waals surface area (Å²) in [5, 5.41) is 3.87. The molecule has 28 heavy (non-hydrogen) atoms. The minimum Gasteiger partial charge on any atom is -0.495 e. The number of benzene rings is 2. The first kappa shape index (κ1) is 20.4. The minimum atomic E-state index is -0.357. The van der Waals surface area contributed by atoms with Crippen LogP contribution in [0.2, 0.25) is 0 Å². The van der Waals surface area contributed by atoms with E-state index in [-0.39, 0.29) is 11.9 Å². The maximum atomic E-state index is 13.2. The highest BCUT2D eigenvalue weighted by Crippen LogP contribution is 2.39. The third-order valence-electron chi connectivity index (χ3n) is 4.66. The molecule has 1 amide bonds. The Morgan fingerprint density at radius 1 is 1.18 bits per heavy atom. The highest BCUT2D eigenvalue weighted by Gasteiger charge is 2.36. The fraction of sp³-hybridized carbons (Fsp3) is 0.238. The first-order chi connectivity index (χ1) is 13.4. The number of anilines is 1. The van der Waals surface area contributed by atoms with Crippen molar-refractivity contribution in [2.45, 2.75) is 13.0 Å². The molecular weight excluding hydrogens is 438 g/mol. The van der Waals surface area contributed by atoms with Crippen LogP contribution in [0.25, 0.3) is 0 Å². The van der Waals surface area contributed by atoms with Gasteiger partial charge in [-0.05, 0) is 42.9 Å². The summed E-state index contributed by atoms with van der Waals surface area (Å²) < 4.78 is 6.43. The number of halogens is 1. The lowest BCUT2D eigenvalue weighted by atomic mass is 9.93. The maximum absolute atomic E-state index is 13.2. The molecule has 0 aliphatic carbocycles. The molecule has 0 saturated carbocycles. The molecule has 5 nitrogen and oxygen atoms in total. The first-order valence-corrected chi connectivity index (χ1v) is 9.97. The van der Waals surface area contributed by atoms with Gasteiger partial charge in [0.25, 0.3) is 5.91 Å². The molecule has 1 unspecified atom stereocenters. The second kappa shape index (κ2) is 8.32. The number of allylic oxidation sites excluding steroid dienone is 1. The third kappa shape index (κ3) is 3.64. The summed E-state index contributed by atoms with van der Waals surface area (Å²) >= 11 is 9.31. The number of amides is 1. The standard InChI is InChI=1S/C21H22BrN3O2S/c1-13-18(20(26)24(2)3)19(14-9-5-6-10-15(14)22)23-21(28)25(13)16-11-7-8-12-17(16)27-4/h5-12,19H,1-4H3,(H,23,28). The fourth-order valence-corrected chi connectivity index (χ4v) is 4.17. The number of thiocarbonyl (C=S) groups is 1. The van der Waals surface area contributed by atoms with Crippen LogP contribution in [0.1, 0.15) is 18.5 Å². The Balaban J connectivity index is 2.22. The molecule has 2 aromatic carbocycles. The average Bonchev–Trinajstić information content (AvgIpc) is 2.68. The van der Waals surface area contributed by atoms with E-state index in [4.69, 9.17) is 17.0 Å². The minimum absolute atomic E-state index is 0.0758. The number of methoxy groups -OCH3 is 1. The summed E-state index contributed by atoms with van der Waals surface area (Å²) in [5.74, 6) is 0.607. The zero-order valence-electron chi connectivity index (χ0n) is 16.2. The Hall–Kier alpha value is -2.38. The van der Waals surface area contributed by atoms with Crippen molar-refractivity contribution in [3.63, 3.8) is 0 Å². The molecule has 3 rings (SSSR count). The van der Waals surface area contributed by atoms with Crippen LogP contribution in [-0.4, -0.2) is 37.1 Å². The van der Waals surface area contributed by atoms with E-state index in [0.29, 0.717) is 16.4 Å².